The Hall–Kier alpha value is 0.290. The number of alkyl halides is 1. The van der Waals surface area contributed by atoms with E-state index in [0.717, 1.165) is 12.3 Å². The molecule has 0 aromatic rings. The molecule has 0 bridgehead atoms. The standard InChI is InChI=1S/C14H28Cl/c1-2-3-4-5-6-7-8-9-10-11-12-13-14-15/h1-14H2. The fourth-order valence-electron chi connectivity index (χ4n) is 1.86. The number of unbranched alkanes of at least 4 members (excludes halogenated alkanes) is 11. The Morgan fingerprint density at radius 1 is 0.533 bits per heavy atom. The topological polar surface area (TPSA) is 0 Å². The van der Waals surface area contributed by atoms with E-state index in [4.69, 9.17) is 11.6 Å². The summed E-state index contributed by atoms with van der Waals surface area (Å²) in [4.78, 5) is 0. The van der Waals surface area contributed by atoms with Crippen molar-refractivity contribution >= 4 is 11.6 Å². The highest BCUT2D eigenvalue weighted by atomic mass is 35.5. The van der Waals surface area contributed by atoms with Gasteiger partial charge in [-0.2, -0.15) is 0 Å². The zero-order valence-electron chi connectivity index (χ0n) is 10.3. The van der Waals surface area contributed by atoms with E-state index in [1.54, 1.807) is 0 Å². The molecule has 1 heteroatoms. The Kier molecular flexibility index (Phi) is 14.6. The second-order valence-corrected chi connectivity index (χ2v) is 4.81. The highest BCUT2D eigenvalue weighted by molar-refractivity contribution is 6.17. The second-order valence-electron chi connectivity index (χ2n) is 4.43. The summed E-state index contributed by atoms with van der Waals surface area (Å²) in [5.41, 5.74) is 0. The van der Waals surface area contributed by atoms with E-state index in [9.17, 15) is 0 Å². The van der Waals surface area contributed by atoms with Gasteiger partial charge in [0.25, 0.3) is 0 Å². The van der Waals surface area contributed by atoms with Gasteiger partial charge in [-0.05, 0) is 6.42 Å². The van der Waals surface area contributed by atoms with Crippen LogP contribution in [0, 0.1) is 6.92 Å². The van der Waals surface area contributed by atoms with E-state index in [1.165, 1.54) is 70.6 Å². The third kappa shape index (κ3) is 14.3. The summed E-state index contributed by atoms with van der Waals surface area (Å²) >= 11 is 5.62. The van der Waals surface area contributed by atoms with Crippen molar-refractivity contribution in [1.82, 2.24) is 0 Å². The lowest BCUT2D eigenvalue weighted by atomic mass is 10.1. The highest BCUT2D eigenvalue weighted by Crippen LogP contribution is 2.11. The quantitative estimate of drug-likeness (QED) is 0.297. The van der Waals surface area contributed by atoms with Crippen molar-refractivity contribution in [3.05, 3.63) is 6.92 Å². The molecule has 0 aliphatic rings. The van der Waals surface area contributed by atoms with Crippen molar-refractivity contribution in [2.75, 3.05) is 5.88 Å². The molecule has 91 valence electrons. The first-order chi connectivity index (χ1) is 7.41. The monoisotopic (exact) mass is 231 g/mol. The van der Waals surface area contributed by atoms with Crippen LogP contribution in [0.4, 0.5) is 0 Å². The van der Waals surface area contributed by atoms with Crippen molar-refractivity contribution in [1.29, 1.82) is 0 Å². The van der Waals surface area contributed by atoms with Crippen LogP contribution in [-0.4, -0.2) is 5.88 Å². The zero-order valence-corrected chi connectivity index (χ0v) is 11.0. The van der Waals surface area contributed by atoms with Gasteiger partial charge < -0.3 is 0 Å². The molecule has 0 amide bonds. The van der Waals surface area contributed by atoms with Gasteiger partial charge in [0.15, 0.2) is 0 Å². The average Bonchev–Trinajstić information content (AvgIpc) is 2.26. The Bertz CT molecular complexity index is 89.5. The lowest BCUT2D eigenvalue weighted by molar-refractivity contribution is 0.551. The molecule has 0 atom stereocenters. The maximum absolute atomic E-state index is 5.62. The molecule has 0 aliphatic carbocycles. The molecule has 0 rings (SSSR count). The molecule has 0 spiro atoms. The average molecular weight is 232 g/mol. The van der Waals surface area contributed by atoms with E-state index in [2.05, 4.69) is 6.92 Å². The normalized spacial score (nSPS) is 10.8. The van der Waals surface area contributed by atoms with Crippen molar-refractivity contribution in [3.8, 4) is 0 Å². The second kappa shape index (κ2) is 14.3. The fraction of sp³-hybridized carbons (Fsp3) is 0.929. The van der Waals surface area contributed by atoms with Crippen LogP contribution in [-0.2, 0) is 0 Å². The molecule has 0 nitrogen and oxygen atoms in total. The lowest BCUT2D eigenvalue weighted by Gasteiger charge is -2.01. The van der Waals surface area contributed by atoms with Crippen LogP contribution in [0.2, 0.25) is 0 Å². The van der Waals surface area contributed by atoms with E-state index in [1.807, 2.05) is 0 Å². The Labute approximate surface area is 102 Å². The summed E-state index contributed by atoms with van der Waals surface area (Å²) in [5.74, 6) is 0.840. The summed E-state index contributed by atoms with van der Waals surface area (Å²) in [6.45, 7) is 3.86. The molecule has 0 aromatic heterocycles. The molecule has 1 radical (unpaired) electrons. The van der Waals surface area contributed by atoms with Crippen LogP contribution >= 0.6 is 11.6 Å². The molecule has 0 N–H and O–H groups in total. The summed E-state index contributed by atoms with van der Waals surface area (Å²) in [5, 5.41) is 0. The van der Waals surface area contributed by atoms with Crippen LogP contribution in [0.5, 0.6) is 0 Å². The summed E-state index contributed by atoms with van der Waals surface area (Å²) in [7, 11) is 0. The van der Waals surface area contributed by atoms with Crippen LogP contribution in [0.1, 0.15) is 77.0 Å². The third-order valence-corrected chi connectivity index (χ3v) is 3.15. The van der Waals surface area contributed by atoms with Gasteiger partial charge in [0, 0.05) is 5.88 Å². The van der Waals surface area contributed by atoms with Gasteiger partial charge in [-0.1, -0.05) is 77.6 Å². The van der Waals surface area contributed by atoms with Crippen molar-refractivity contribution in [3.63, 3.8) is 0 Å². The minimum atomic E-state index is 0.840. The number of hydrogen-bond donors (Lipinski definition) is 0. The molecule has 0 heterocycles. The van der Waals surface area contributed by atoms with Crippen LogP contribution in [0.15, 0.2) is 0 Å². The number of hydrogen-bond acceptors (Lipinski definition) is 0. The fourth-order valence-corrected chi connectivity index (χ4v) is 2.05. The van der Waals surface area contributed by atoms with E-state index in [-0.39, 0.29) is 0 Å². The Balaban J connectivity index is 2.81. The highest BCUT2D eigenvalue weighted by Gasteiger charge is 1.92. The maximum atomic E-state index is 5.62. The number of rotatable bonds is 12. The predicted octanol–water partition coefficient (Wildman–Crippen LogP) is 5.74. The molecular weight excluding hydrogens is 204 g/mol. The van der Waals surface area contributed by atoms with E-state index < -0.39 is 0 Å². The predicted molar refractivity (Wildman–Crippen MR) is 71.5 cm³/mol. The zero-order chi connectivity index (χ0) is 11.2. The van der Waals surface area contributed by atoms with Crippen molar-refractivity contribution in [2.24, 2.45) is 0 Å². The van der Waals surface area contributed by atoms with Gasteiger partial charge in [0.05, 0.1) is 0 Å². The van der Waals surface area contributed by atoms with Crippen molar-refractivity contribution in [2.45, 2.75) is 77.0 Å². The first-order valence-corrected chi connectivity index (χ1v) is 7.30. The van der Waals surface area contributed by atoms with Gasteiger partial charge in [-0.25, -0.2) is 0 Å². The van der Waals surface area contributed by atoms with E-state index >= 15 is 0 Å². The molecule has 0 aliphatic heterocycles. The summed E-state index contributed by atoms with van der Waals surface area (Å²) in [6, 6.07) is 0. The van der Waals surface area contributed by atoms with Gasteiger partial charge >= 0.3 is 0 Å². The van der Waals surface area contributed by atoms with E-state index in [0.29, 0.717) is 0 Å². The molecule has 0 aromatic carbocycles. The smallest absolute Gasteiger partial charge is 0.0223 e. The van der Waals surface area contributed by atoms with Crippen LogP contribution in [0.3, 0.4) is 0 Å². The largest absolute Gasteiger partial charge is 0.127 e. The Morgan fingerprint density at radius 2 is 0.867 bits per heavy atom. The summed E-state index contributed by atoms with van der Waals surface area (Å²) in [6.07, 6.45) is 16.3. The molecule has 0 saturated heterocycles. The minimum Gasteiger partial charge on any atom is -0.127 e. The lowest BCUT2D eigenvalue weighted by Crippen LogP contribution is -1.82. The molecule has 0 unspecified atom stereocenters. The minimum absolute atomic E-state index is 0.840. The van der Waals surface area contributed by atoms with Gasteiger partial charge in [0.1, 0.15) is 0 Å². The molecule has 0 fully saturated rings. The first-order valence-electron chi connectivity index (χ1n) is 6.77. The molecule has 0 saturated carbocycles. The number of halogens is 1. The van der Waals surface area contributed by atoms with Crippen LogP contribution in [0.25, 0.3) is 0 Å². The Morgan fingerprint density at radius 3 is 1.20 bits per heavy atom. The first kappa shape index (κ1) is 15.3. The van der Waals surface area contributed by atoms with Gasteiger partial charge in [-0.3, -0.25) is 0 Å². The summed E-state index contributed by atoms with van der Waals surface area (Å²) < 4.78 is 0. The molecule has 15 heavy (non-hydrogen) atoms. The molecular formula is C14H28Cl. The third-order valence-electron chi connectivity index (χ3n) is 2.88. The van der Waals surface area contributed by atoms with Crippen LogP contribution < -0.4 is 0 Å². The van der Waals surface area contributed by atoms with Gasteiger partial charge in [-0.15, -0.1) is 11.6 Å². The SMILES string of the molecule is [CH2]CCCCCCCCCCCCCCl. The van der Waals surface area contributed by atoms with Crippen molar-refractivity contribution < 1.29 is 0 Å². The maximum Gasteiger partial charge on any atom is 0.0223 e. The van der Waals surface area contributed by atoms with Gasteiger partial charge in [0.2, 0.25) is 0 Å².